The molecule has 1 rings (SSSR count). The molecule has 1 fully saturated rings. The molecule has 1 saturated heterocycles. The van der Waals surface area contributed by atoms with Gasteiger partial charge in [0.2, 0.25) is 0 Å². The minimum Gasteiger partial charge on any atom is -0.390 e. The first-order chi connectivity index (χ1) is 5.69. The summed E-state index contributed by atoms with van der Waals surface area (Å²) in [4.78, 5) is 0. The zero-order valence-electron chi connectivity index (χ0n) is 7.69. The Morgan fingerprint density at radius 2 is 2.00 bits per heavy atom. The summed E-state index contributed by atoms with van der Waals surface area (Å²) in [6.07, 6.45) is -0.696. The van der Waals surface area contributed by atoms with E-state index >= 15 is 0 Å². The van der Waals surface area contributed by atoms with Crippen LogP contribution in [0.4, 0.5) is 0 Å². The van der Waals surface area contributed by atoms with E-state index < -0.39 is 12.4 Å². The van der Waals surface area contributed by atoms with Gasteiger partial charge < -0.3 is 19.3 Å². The molecule has 1 N–H and O–H groups in total. The zero-order chi connectivity index (χ0) is 9.14. The van der Waals surface area contributed by atoms with Crippen LogP contribution in [-0.2, 0) is 14.2 Å². The number of hydrogen-bond donors (Lipinski definition) is 1. The first-order valence-corrected chi connectivity index (χ1v) is 4.08. The Morgan fingerprint density at radius 1 is 1.33 bits per heavy atom. The average Bonchev–Trinajstić information content (AvgIpc) is 2.03. The molecule has 0 saturated carbocycles. The van der Waals surface area contributed by atoms with E-state index in [-0.39, 0.29) is 12.2 Å². The quantitative estimate of drug-likeness (QED) is 0.650. The molecule has 0 spiro atoms. The highest BCUT2D eigenvalue weighted by molar-refractivity contribution is 4.80. The summed E-state index contributed by atoms with van der Waals surface area (Å²) < 4.78 is 15.5. The highest BCUT2D eigenvalue weighted by Gasteiger charge is 2.36. The second kappa shape index (κ2) is 4.18. The maximum Gasteiger partial charge on any atom is 0.186 e. The Kier molecular flexibility index (Phi) is 3.46. The van der Waals surface area contributed by atoms with Gasteiger partial charge in [-0.25, -0.2) is 0 Å². The maximum absolute atomic E-state index is 9.56. The van der Waals surface area contributed by atoms with Gasteiger partial charge in [0.25, 0.3) is 0 Å². The summed E-state index contributed by atoms with van der Waals surface area (Å²) in [5.41, 5.74) is 0. The minimum absolute atomic E-state index is 0.0244. The van der Waals surface area contributed by atoms with E-state index in [1.165, 1.54) is 0 Å². The van der Waals surface area contributed by atoms with Gasteiger partial charge in [-0.15, -0.1) is 0 Å². The number of methoxy groups -OCH3 is 2. The fourth-order valence-corrected chi connectivity index (χ4v) is 1.48. The van der Waals surface area contributed by atoms with Crippen LogP contribution in [0.15, 0.2) is 0 Å². The van der Waals surface area contributed by atoms with Gasteiger partial charge in [0.15, 0.2) is 6.29 Å². The van der Waals surface area contributed by atoms with Crippen LogP contribution >= 0.6 is 0 Å². The molecule has 0 aliphatic carbocycles. The predicted octanol–water partition coefficient (Wildman–Crippen LogP) is 0.144. The Morgan fingerprint density at radius 3 is 2.50 bits per heavy atom. The van der Waals surface area contributed by atoms with Crippen LogP contribution in [0, 0.1) is 0 Å². The Bertz CT molecular complexity index is 139. The second-order valence-corrected chi connectivity index (χ2v) is 3.05. The number of aliphatic hydroxyl groups excluding tert-OH is 1. The molecule has 72 valence electrons. The number of ether oxygens (including phenoxy) is 3. The molecule has 12 heavy (non-hydrogen) atoms. The summed E-state index contributed by atoms with van der Waals surface area (Å²) in [7, 11) is 3.08. The van der Waals surface area contributed by atoms with E-state index in [0.29, 0.717) is 6.42 Å². The van der Waals surface area contributed by atoms with Crippen molar-refractivity contribution in [3.05, 3.63) is 0 Å². The first-order valence-electron chi connectivity index (χ1n) is 4.08. The molecule has 0 amide bonds. The van der Waals surface area contributed by atoms with Gasteiger partial charge in [0.1, 0.15) is 6.10 Å². The van der Waals surface area contributed by atoms with Gasteiger partial charge >= 0.3 is 0 Å². The summed E-state index contributed by atoms with van der Waals surface area (Å²) in [5.74, 6) is 0. The lowest BCUT2D eigenvalue weighted by Gasteiger charge is -2.36. The maximum atomic E-state index is 9.56. The van der Waals surface area contributed by atoms with Gasteiger partial charge in [-0.3, -0.25) is 0 Å². The van der Waals surface area contributed by atoms with E-state index in [1.807, 2.05) is 6.92 Å². The lowest BCUT2D eigenvalue weighted by atomic mass is 10.0. The lowest BCUT2D eigenvalue weighted by molar-refractivity contribution is -0.260. The van der Waals surface area contributed by atoms with Crippen molar-refractivity contribution < 1.29 is 19.3 Å². The number of aliphatic hydroxyl groups is 1. The standard InChI is InChI=1S/C8H16O4/c1-5-4-6(9)7(10-2)8(11-3)12-5/h5-9H,4H2,1-3H3/t5-,6-,7+,8+/m1/s1. The van der Waals surface area contributed by atoms with Gasteiger partial charge in [-0.1, -0.05) is 0 Å². The highest BCUT2D eigenvalue weighted by atomic mass is 16.7. The van der Waals surface area contributed by atoms with Gasteiger partial charge in [-0.05, 0) is 6.92 Å². The molecule has 1 aliphatic heterocycles. The molecule has 1 aliphatic rings. The van der Waals surface area contributed by atoms with E-state index in [2.05, 4.69) is 0 Å². The van der Waals surface area contributed by atoms with Crippen LogP contribution in [0.5, 0.6) is 0 Å². The topological polar surface area (TPSA) is 47.9 Å². The zero-order valence-corrected chi connectivity index (χ0v) is 7.69. The van der Waals surface area contributed by atoms with Gasteiger partial charge in [0, 0.05) is 20.6 Å². The molecule has 0 bridgehead atoms. The smallest absolute Gasteiger partial charge is 0.186 e. The third kappa shape index (κ3) is 1.95. The van der Waals surface area contributed by atoms with E-state index in [9.17, 15) is 5.11 Å². The van der Waals surface area contributed by atoms with Crippen LogP contribution in [0.25, 0.3) is 0 Å². The van der Waals surface area contributed by atoms with Crippen molar-refractivity contribution in [1.29, 1.82) is 0 Å². The minimum atomic E-state index is -0.497. The van der Waals surface area contributed by atoms with E-state index in [4.69, 9.17) is 14.2 Å². The Hall–Kier alpha value is -0.160. The molecule has 1 heterocycles. The fraction of sp³-hybridized carbons (Fsp3) is 1.00. The molecular weight excluding hydrogens is 160 g/mol. The molecule has 0 aromatic rings. The molecule has 4 heteroatoms. The normalized spacial score (nSPS) is 43.0. The summed E-state index contributed by atoms with van der Waals surface area (Å²) in [6, 6.07) is 0. The van der Waals surface area contributed by atoms with Crippen molar-refractivity contribution in [2.75, 3.05) is 14.2 Å². The monoisotopic (exact) mass is 176 g/mol. The summed E-state index contributed by atoms with van der Waals surface area (Å²) >= 11 is 0. The van der Waals surface area contributed by atoms with E-state index in [0.717, 1.165) is 0 Å². The van der Waals surface area contributed by atoms with Crippen LogP contribution in [-0.4, -0.2) is 43.9 Å². The van der Waals surface area contributed by atoms with Crippen molar-refractivity contribution in [3.63, 3.8) is 0 Å². The van der Waals surface area contributed by atoms with Crippen LogP contribution < -0.4 is 0 Å². The summed E-state index contributed by atoms with van der Waals surface area (Å²) in [5, 5.41) is 9.56. The molecule has 4 nitrogen and oxygen atoms in total. The van der Waals surface area contributed by atoms with Crippen molar-refractivity contribution >= 4 is 0 Å². The summed E-state index contributed by atoms with van der Waals surface area (Å²) in [6.45, 7) is 1.90. The number of rotatable bonds is 2. The predicted molar refractivity (Wildman–Crippen MR) is 42.8 cm³/mol. The third-order valence-electron chi connectivity index (χ3n) is 2.09. The molecular formula is C8H16O4. The molecule has 0 aromatic heterocycles. The van der Waals surface area contributed by atoms with E-state index in [1.54, 1.807) is 14.2 Å². The van der Waals surface area contributed by atoms with Gasteiger partial charge in [-0.2, -0.15) is 0 Å². The van der Waals surface area contributed by atoms with Crippen molar-refractivity contribution in [3.8, 4) is 0 Å². The van der Waals surface area contributed by atoms with Crippen LogP contribution in [0.2, 0.25) is 0 Å². The van der Waals surface area contributed by atoms with Crippen molar-refractivity contribution in [2.24, 2.45) is 0 Å². The average molecular weight is 176 g/mol. The van der Waals surface area contributed by atoms with Crippen LogP contribution in [0.1, 0.15) is 13.3 Å². The highest BCUT2D eigenvalue weighted by Crippen LogP contribution is 2.22. The molecule has 0 unspecified atom stereocenters. The SMILES string of the molecule is CO[C@H]1O[C@H](C)C[C@@H](O)[C@@H]1OC. The first kappa shape index (κ1) is 9.92. The van der Waals surface area contributed by atoms with Gasteiger partial charge in [0.05, 0.1) is 12.2 Å². The number of hydrogen-bond acceptors (Lipinski definition) is 4. The largest absolute Gasteiger partial charge is 0.390 e. The Labute approximate surface area is 72.4 Å². The van der Waals surface area contributed by atoms with Crippen molar-refractivity contribution in [1.82, 2.24) is 0 Å². The molecule has 0 radical (unpaired) electrons. The molecule has 0 aromatic carbocycles. The molecule has 4 atom stereocenters. The lowest BCUT2D eigenvalue weighted by Crippen LogP contribution is -2.49. The second-order valence-electron chi connectivity index (χ2n) is 3.05. The Balaban J connectivity index is 2.56. The fourth-order valence-electron chi connectivity index (χ4n) is 1.48. The third-order valence-corrected chi connectivity index (χ3v) is 2.09. The van der Waals surface area contributed by atoms with Crippen LogP contribution in [0.3, 0.4) is 0 Å². The van der Waals surface area contributed by atoms with Crippen molar-refractivity contribution in [2.45, 2.75) is 37.9 Å².